The van der Waals surface area contributed by atoms with Crippen LogP contribution in [-0.4, -0.2) is 26.2 Å². The molecule has 2 aromatic carbocycles. The minimum atomic E-state index is 0.265. The highest BCUT2D eigenvalue weighted by molar-refractivity contribution is 6.00. The SMILES string of the molecule is CNc1cc2cc(O)cc(NC)c2cc1NC. The molecule has 0 radical (unpaired) electrons. The van der Waals surface area contributed by atoms with Crippen molar-refractivity contribution < 1.29 is 5.11 Å². The fourth-order valence-corrected chi connectivity index (χ4v) is 2.02. The first-order valence-electron chi connectivity index (χ1n) is 5.53. The van der Waals surface area contributed by atoms with Crippen molar-refractivity contribution >= 4 is 27.8 Å². The predicted octanol–water partition coefficient (Wildman–Crippen LogP) is 2.67. The molecule has 4 heteroatoms. The van der Waals surface area contributed by atoms with E-state index in [-0.39, 0.29) is 5.75 Å². The maximum absolute atomic E-state index is 9.66. The smallest absolute Gasteiger partial charge is 0.118 e. The molecular weight excluding hydrogens is 214 g/mol. The molecule has 0 bridgehead atoms. The zero-order chi connectivity index (χ0) is 12.4. The molecular formula is C13H17N3O. The minimum absolute atomic E-state index is 0.265. The second-order valence-corrected chi connectivity index (χ2v) is 3.86. The predicted molar refractivity (Wildman–Crippen MR) is 74.3 cm³/mol. The molecule has 0 aliphatic heterocycles. The van der Waals surface area contributed by atoms with Crippen LogP contribution in [0, 0.1) is 0 Å². The van der Waals surface area contributed by atoms with E-state index in [9.17, 15) is 5.11 Å². The lowest BCUT2D eigenvalue weighted by molar-refractivity contribution is 0.476. The van der Waals surface area contributed by atoms with E-state index in [4.69, 9.17) is 0 Å². The average molecular weight is 231 g/mol. The van der Waals surface area contributed by atoms with Crippen LogP contribution in [0.3, 0.4) is 0 Å². The lowest BCUT2D eigenvalue weighted by atomic mass is 10.1. The second-order valence-electron chi connectivity index (χ2n) is 3.86. The Morgan fingerprint density at radius 1 is 0.765 bits per heavy atom. The lowest BCUT2D eigenvalue weighted by Gasteiger charge is -2.13. The Morgan fingerprint density at radius 3 is 1.94 bits per heavy atom. The number of hydrogen-bond donors (Lipinski definition) is 4. The Labute approximate surface area is 101 Å². The third kappa shape index (κ3) is 1.93. The van der Waals surface area contributed by atoms with Gasteiger partial charge in [0.15, 0.2) is 0 Å². The van der Waals surface area contributed by atoms with Crippen molar-refractivity contribution in [3.05, 3.63) is 24.3 Å². The van der Waals surface area contributed by atoms with Gasteiger partial charge in [0.25, 0.3) is 0 Å². The maximum atomic E-state index is 9.66. The summed E-state index contributed by atoms with van der Waals surface area (Å²) in [6.45, 7) is 0. The van der Waals surface area contributed by atoms with E-state index in [1.54, 1.807) is 12.1 Å². The Bertz CT molecular complexity index is 552. The van der Waals surface area contributed by atoms with Gasteiger partial charge >= 0.3 is 0 Å². The van der Waals surface area contributed by atoms with Crippen LogP contribution in [0.15, 0.2) is 24.3 Å². The van der Waals surface area contributed by atoms with Crippen molar-refractivity contribution in [1.29, 1.82) is 0 Å². The van der Waals surface area contributed by atoms with E-state index in [0.717, 1.165) is 27.8 Å². The van der Waals surface area contributed by atoms with Crippen LogP contribution in [0.2, 0.25) is 0 Å². The van der Waals surface area contributed by atoms with E-state index in [2.05, 4.69) is 22.0 Å². The second kappa shape index (κ2) is 4.41. The third-order valence-electron chi connectivity index (χ3n) is 2.88. The number of rotatable bonds is 3. The molecule has 90 valence electrons. The van der Waals surface area contributed by atoms with Gasteiger partial charge in [-0.15, -0.1) is 0 Å². The summed E-state index contributed by atoms with van der Waals surface area (Å²) in [7, 11) is 5.62. The van der Waals surface area contributed by atoms with Gasteiger partial charge < -0.3 is 21.1 Å². The summed E-state index contributed by atoms with van der Waals surface area (Å²) in [4.78, 5) is 0. The lowest BCUT2D eigenvalue weighted by Crippen LogP contribution is -1.98. The molecule has 0 saturated carbocycles. The fourth-order valence-electron chi connectivity index (χ4n) is 2.02. The van der Waals surface area contributed by atoms with Crippen LogP contribution >= 0.6 is 0 Å². The molecule has 2 aromatic rings. The molecule has 0 fully saturated rings. The highest BCUT2D eigenvalue weighted by Crippen LogP contribution is 2.34. The summed E-state index contributed by atoms with van der Waals surface area (Å²) < 4.78 is 0. The number of hydrogen-bond acceptors (Lipinski definition) is 4. The van der Waals surface area contributed by atoms with Crippen molar-refractivity contribution in [2.24, 2.45) is 0 Å². The van der Waals surface area contributed by atoms with Crippen LogP contribution in [0.4, 0.5) is 17.1 Å². The largest absolute Gasteiger partial charge is 0.508 e. The van der Waals surface area contributed by atoms with E-state index in [1.807, 2.05) is 27.2 Å². The van der Waals surface area contributed by atoms with Crippen molar-refractivity contribution in [1.82, 2.24) is 0 Å². The number of aromatic hydroxyl groups is 1. The first-order valence-corrected chi connectivity index (χ1v) is 5.53. The highest BCUT2D eigenvalue weighted by atomic mass is 16.3. The van der Waals surface area contributed by atoms with Crippen molar-refractivity contribution in [3.8, 4) is 5.75 Å². The van der Waals surface area contributed by atoms with Gasteiger partial charge in [0.2, 0.25) is 0 Å². The quantitative estimate of drug-likeness (QED) is 0.656. The van der Waals surface area contributed by atoms with E-state index >= 15 is 0 Å². The van der Waals surface area contributed by atoms with Gasteiger partial charge in [-0.05, 0) is 23.6 Å². The summed E-state index contributed by atoms with van der Waals surface area (Å²) in [5, 5.41) is 21.1. The Morgan fingerprint density at radius 2 is 1.35 bits per heavy atom. The molecule has 0 aliphatic carbocycles. The number of benzene rings is 2. The fraction of sp³-hybridized carbons (Fsp3) is 0.231. The molecule has 0 saturated heterocycles. The van der Waals surface area contributed by atoms with E-state index in [0.29, 0.717) is 0 Å². The Hall–Kier alpha value is -2.10. The van der Waals surface area contributed by atoms with Crippen molar-refractivity contribution in [2.75, 3.05) is 37.1 Å². The molecule has 2 rings (SSSR count). The number of fused-ring (bicyclic) bond motifs is 1. The topological polar surface area (TPSA) is 56.3 Å². The van der Waals surface area contributed by atoms with Gasteiger partial charge in [-0.25, -0.2) is 0 Å². The normalized spacial score (nSPS) is 10.3. The third-order valence-corrected chi connectivity index (χ3v) is 2.88. The number of phenols is 1. The zero-order valence-electron chi connectivity index (χ0n) is 10.3. The van der Waals surface area contributed by atoms with Crippen LogP contribution in [-0.2, 0) is 0 Å². The van der Waals surface area contributed by atoms with Gasteiger partial charge in [0.05, 0.1) is 11.4 Å². The summed E-state index contributed by atoms with van der Waals surface area (Å²) in [6.07, 6.45) is 0. The summed E-state index contributed by atoms with van der Waals surface area (Å²) >= 11 is 0. The molecule has 0 amide bonds. The monoisotopic (exact) mass is 231 g/mol. The molecule has 0 aliphatic rings. The molecule has 0 unspecified atom stereocenters. The summed E-state index contributed by atoms with van der Waals surface area (Å²) in [5.41, 5.74) is 2.95. The molecule has 0 aromatic heterocycles. The van der Waals surface area contributed by atoms with Crippen LogP contribution < -0.4 is 16.0 Å². The first-order chi connectivity index (χ1) is 8.19. The van der Waals surface area contributed by atoms with E-state index in [1.165, 1.54) is 0 Å². The number of anilines is 3. The molecule has 4 nitrogen and oxygen atoms in total. The summed E-state index contributed by atoms with van der Waals surface area (Å²) in [6, 6.07) is 7.56. The molecule has 17 heavy (non-hydrogen) atoms. The molecule has 4 N–H and O–H groups in total. The van der Waals surface area contributed by atoms with Gasteiger partial charge in [-0.3, -0.25) is 0 Å². The van der Waals surface area contributed by atoms with Gasteiger partial charge in [-0.1, -0.05) is 0 Å². The standard InChI is InChI=1S/C13H17N3O/c1-14-11-6-9(17)4-8-5-12(15-2)13(16-3)7-10(8)11/h4-7,14-17H,1-3H3. The number of phenolic OH excluding ortho intramolecular Hbond substituents is 1. The van der Waals surface area contributed by atoms with Crippen LogP contribution in [0.25, 0.3) is 10.8 Å². The van der Waals surface area contributed by atoms with Crippen molar-refractivity contribution in [2.45, 2.75) is 0 Å². The summed E-state index contributed by atoms with van der Waals surface area (Å²) in [5.74, 6) is 0.265. The highest BCUT2D eigenvalue weighted by Gasteiger charge is 2.07. The van der Waals surface area contributed by atoms with Crippen LogP contribution in [0.1, 0.15) is 0 Å². The molecule has 0 heterocycles. The zero-order valence-corrected chi connectivity index (χ0v) is 10.3. The Balaban J connectivity index is 2.77. The van der Waals surface area contributed by atoms with Gasteiger partial charge in [0.1, 0.15) is 5.75 Å². The van der Waals surface area contributed by atoms with Gasteiger partial charge in [-0.2, -0.15) is 0 Å². The van der Waals surface area contributed by atoms with E-state index < -0.39 is 0 Å². The first kappa shape index (κ1) is 11.4. The van der Waals surface area contributed by atoms with Crippen LogP contribution in [0.5, 0.6) is 5.75 Å². The average Bonchev–Trinajstić information content (AvgIpc) is 2.35. The molecule has 0 spiro atoms. The minimum Gasteiger partial charge on any atom is -0.508 e. The number of nitrogens with one attached hydrogen (secondary N) is 3. The molecule has 0 atom stereocenters. The van der Waals surface area contributed by atoms with Crippen molar-refractivity contribution in [3.63, 3.8) is 0 Å². The Kier molecular flexibility index (Phi) is 2.95. The van der Waals surface area contributed by atoms with Gasteiger partial charge in [0, 0.05) is 38.3 Å². The maximum Gasteiger partial charge on any atom is 0.118 e.